The Kier molecular flexibility index (Phi) is 4.57. The number of hydrogen-bond acceptors (Lipinski definition) is 3. The third-order valence-corrected chi connectivity index (χ3v) is 3.69. The minimum absolute atomic E-state index is 0.689. The van der Waals surface area contributed by atoms with Gasteiger partial charge in [-0.1, -0.05) is 6.42 Å². The molecule has 1 aliphatic rings. The lowest BCUT2D eigenvalue weighted by atomic mass is 10.0. The van der Waals surface area contributed by atoms with Crippen molar-refractivity contribution < 1.29 is 0 Å². The summed E-state index contributed by atoms with van der Waals surface area (Å²) in [6.45, 7) is 6.55. The zero-order valence-electron chi connectivity index (χ0n) is 11.0. The SMILES string of the molecule is CCn1cncc1CN1CCCCC1CNC. The molecule has 1 aliphatic heterocycles. The van der Waals surface area contributed by atoms with Crippen LogP contribution in [0.4, 0.5) is 0 Å². The molecule has 0 aromatic carbocycles. The van der Waals surface area contributed by atoms with E-state index >= 15 is 0 Å². The smallest absolute Gasteiger partial charge is 0.0948 e. The fourth-order valence-corrected chi connectivity index (χ4v) is 2.71. The molecule has 1 fully saturated rings. The summed E-state index contributed by atoms with van der Waals surface area (Å²) >= 11 is 0. The standard InChI is InChI=1S/C13H24N4/c1-3-16-11-15-9-13(16)10-17-7-5-4-6-12(17)8-14-2/h9,11-12,14H,3-8,10H2,1-2H3. The summed E-state index contributed by atoms with van der Waals surface area (Å²) < 4.78 is 2.24. The van der Waals surface area contributed by atoms with Crippen LogP contribution in [0, 0.1) is 0 Å². The monoisotopic (exact) mass is 236 g/mol. The Balaban J connectivity index is 2.00. The van der Waals surface area contributed by atoms with Gasteiger partial charge in [-0.2, -0.15) is 0 Å². The molecule has 2 rings (SSSR count). The van der Waals surface area contributed by atoms with E-state index in [4.69, 9.17) is 0 Å². The van der Waals surface area contributed by atoms with Crippen molar-refractivity contribution in [2.75, 3.05) is 20.1 Å². The first-order valence-electron chi connectivity index (χ1n) is 6.72. The van der Waals surface area contributed by atoms with Crippen LogP contribution in [0.15, 0.2) is 12.5 Å². The highest BCUT2D eigenvalue weighted by Crippen LogP contribution is 2.19. The Bertz CT molecular complexity index is 332. The van der Waals surface area contributed by atoms with Crippen molar-refractivity contribution in [2.24, 2.45) is 0 Å². The molecule has 1 aromatic rings. The molecule has 1 N–H and O–H groups in total. The summed E-state index contributed by atoms with van der Waals surface area (Å²) in [4.78, 5) is 6.85. The average molecular weight is 236 g/mol. The molecule has 4 heteroatoms. The Morgan fingerprint density at radius 3 is 3.12 bits per heavy atom. The Morgan fingerprint density at radius 1 is 1.47 bits per heavy atom. The van der Waals surface area contributed by atoms with Crippen LogP contribution in [0.1, 0.15) is 31.9 Å². The van der Waals surface area contributed by atoms with Gasteiger partial charge in [-0.3, -0.25) is 4.90 Å². The number of hydrogen-bond donors (Lipinski definition) is 1. The van der Waals surface area contributed by atoms with Crippen LogP contribution in [0.5, 0.6) is 0 Å². The normalized spacial score (nSPS) is 21.9. The van der Waals surface area contributed by atoms with Crippen molar-refractivity contribution in [3.63, 3.8) is 0 Å². The number of piperidine rings is 1. The number of aryl methyl sites for hydroxylation is 1. The van der Waals surface area contributed by atoms with Crippen LogP contribution in [0.3, 0.4) is 0 Å². The molecule has 0 radical (unpaired) electrons. The van der Waals surface area contributed by atoms with Crippen LogP contribution in [0.25, 0.3) is 0 Å². The highest BCUT2D eigenvalue weighted by atomic mass is 15.2. The van der Waals surface area contributed by atoms with Gasteiger partial charge < -0.3 is 9.88 Å². The quantitative estimate of drug-likeness (QED) is 0.840. The Labute approximate surface area is 104 Å². The van der Waals surface area contributed by atoms with E-state index in [0.29, 0.717) is 6.04 Å². The maximum Gasteiger partial charge on any atom is 0.0948 e. The topological polar surface area (TPSA) is 33.1 Å². The second kappa shape index (κ2) is 6.17. The van der Waals surface area contributed by atoms with Gasteiger partial charge in [0.2, 0.25) is 0 Å². The molecule has 1 atom stereocenters. The van der Waals surface area contributed by atoms with Gasteiger partial charge >= 0.3 is 0 Å². The summed E-state index contributed by atoms with van der Waals surface area (Å²) in [7, 11) is 2.04. The van der Waals surface area contributed by atoms with Gasteiger partial charge in [0, 0.05) is 31.9 Å². The van der Waals surface area contributed by atoms with Gasteiger partial charge in [-0.15, -0.1) is 0 Å². The van der Waals surface area contributed by atoms with E-state index in [1.165, 1.54) is 31.5 Å². The lowest BCUT2D eigenvalue weighted by Gasteiger charge is -2.35. The molecule has 4 nitrogen and oxygen atoms in total. The molecular weight excluding hydrogens is 212 g/mol. The van der Waals surface area contributed by atoms with Crippen molar-refractivity contribution >= 4 is 0 Å². The molecule has 96 valence electrons. The van der Waals surface area contributed by atoms with E-state index in [2.05, 4.69) is 26.7 Å². The maximum atomic E-state index is 4.25. The van der Waals surface area contributed by atoms with E-state index in [-0.39, 0.29) is 0 Å². The third-order valence-electron chi connectivity index (χ3n) is 3.69. The largest absolute Gasteiger partial charge is 0.334 e. The summed E-state index contributed by atoms with van der Waals surface area (Å²) in [6.07, 6.45) is 7.97. The van der Waals surface area contributed by atoms with Crippen LogP contribution in [-0.4, -0.2) is 40.6 Å². The van der Waals surface area contributed by atoms with Crippen molar-refractivity contribution in [1.29, 1.82) is 0 Å². The lowest BCUT2D eigenvalue weighted by molar-refractivity contribution is 0.136. The predicted molar refractivity (Wildman–Crippen MR) is 69.9 cm³/mol. The fraction of sp³-hybridized carbons (Fsp3) is 0.769. The van der Waals surface area contributed by atoms with Crippen molar-refractivity contribution in [3.8, 4) is 0 Å². The first-order chi connectivity index (χ1) is 8.35. The molecule has 1 saturated heterocycles. The van der Waals surface area contributed by atoms with Gasteiger partial charge in [-0.05, 0) is 33.4 Å². The number of nitrogens with zero attached hydrogens (tertiary/aromatic N) is 3. The number of imidazole rings is 1. The number of likely N-dealkylation sites (tertiary alicyclic amines) is 1. The second-order valence-corrected chi connectivity index (χ2v) is 4.85. The second-order valence-electron chi connectivity index (χ2n) is 4.85. The zero-order valence-corrected chi connectivity index (χ0v) is 11.0. The minimum Gasteiger partial charge on any atom is -0.334 e. The van der Waals surface area contributed by atoms with Crippen molar-refractivity contribution in [1.82, 2.24) is 19.8 Å². The van der Waals surface area contributed by atoms with Crippen molar-refractivity contribution in [2.45, 2.75) is 45.3 Å². The predicted octanol–water partition coefficient (Wildman–Crippen LogP) is 1.48. The van der Waals surface area contributed by atoms with E-state index < -0.39 is 0 Å². The number of aromatic nitrogens is 2. The highest BCUT2D eigenvalue weighted by Gasteiger charge is 2.22. The third kappa shape index (κ3) is 3.07. The zero-order chi connectivity index (χ0) is 12.1. The lowest BCUT2D eigenvalue weighted by Crippen LogP contribution is -2.44. The molecule has 17 heavy (non-hydrogen) atoms. The van der Waals surface area contributed by atoms with E-state index in [0.717, 1.165) is 19.6 Å². The Morgan fingerprint density at radius 2 is 2.35 bits per heavy atom. The van der Waals surface area contributed by atoms with Crippen molar-refractivity contribution in [3.05, 3.63) is 18.2 Å². The maximum absolute atomic E-state index is 4.25. The van der Waals surface area contributed by atoms with Gasteiger partial charge in [0.1, 0.15) is 0 Å². The summed E-state index contributed by atoms with van der Waals surface area (Å²) in [5, 5.41) is 3.31. The van der Waals surface area contributed by atoms with E-state index in [1.54, 1.807) is 0 Å². The Hall–Kier alpha value is -0.870. The molecule has 0 spiro atoms. The number of nitrogens with one attached hydrogen (secondary N) is 1. The van der Waals surface area contributed by atoms with Gasteiger partial charge in [0.05, 0.1) is 12.0 Å². The van der Waals surface area contributed by atoms with Gasteiger partial charge in [0.15, 0.2) is 0 Å². The van der Waals surface area contributed by atoms with Crippen LogP contribution in [0.2, 0.25) is 0 Å². The first-order valence-corrected chi connectivity index (χ1v) is 6.72. The van der Waals surface area contributed by atoms with Gasteiger partial charge in [-0.25, -0.2) is 4.98 Å². The molecule has 1 unspecified atom stereocenters. The van der Waals surface area contributed by atoms with Crippen LogP contribution in [-0.2, 0) is 13.1 Å². The van der Waals surface area contributed by atoms with Gasteiger partial charge in [0.25, 0.3) is 0 Å². The molecule has 0 amide bonds. The molecule has 0 aliphatic carbocycles. The molecule has 1 aromatic heterocycles. The molecule has 0 saturated carbocycles. The van der Waals surface area contributed by atoms with Crippen LogP contribution >= 0.6 is 0 Å². The summed E-state index contributed by atoms with van der Waals surface area (Å²) in [6, 6.07) is 0.689. The van der Waals surface area contributed by atoms with E-state index in [9.17, 15) is 0 Å². The number of likely N-dealkylation sites (N-methyl/N-ethyl adjacent to an activating group) is 1. The molecule has 2 heterocycles. The summed E-state index contributed by atoms with van der Waals surface area (Å²) in [5.74, 6) is 0. The molecular formula is C13H24N4. The first kappa shape index (κ1) is 12.6. The van der Waals surface area contributed by atoms with E-state index in [1.807, 2.05) is 19.6 Å². The minimum atomic E-state index is 0.689. The van der Waals surface area contributed by atoms with Crippen LogP contribution < -0.4 is 5.32 Å². The highest BCUT2D eigenvalue weighted by molar-refractivity contribution is 4.99. The summed E-state index contributed by atoms with van der Waals surface area (Å²) in [5.41, 5.74) is 1.34. The molecule has 0 bridgehead atoms. The number of rotatable bonds is 5. The fourth-order valence-electron chi connectivity index (χ4n) is 2.71. The average Bonchev–Trinajstić information content (AvgIpc) is 2.79.